The zero-order valence-electron chi connectivity index (χ0n) is 12.9. The van der Waals surface area contributed by atoms with E-state index in [1.165, 1.54) is 0 Å². The van der Waals surface area contributed by atoms with Crippen LogP contribution in [0.4, 0.5) is 11.4 Å². The number of likely N-dealkylation sites (N-methyl/N-ethyl adjacent to an activating group) is 1. The summed E-state index contributed by atoms with van der Waals surface area (Å²) in [6.45, 7) is 14.3. The Bertz CT molecular complexity index is 509. The Hall–Kier alpha value is -0.756. The summed E-state index contributed by atoms with van der Waals surface area (Å²) in [6, 6.07) is 3.60. The molecule has 0 spiro atoms. The molecule has 4 nitrogen and oxygen atoms in total. The van der Waals surface area contributed by atoms with Gasteiger partial charge in [0.25, 0.3) is 5.91 Å². The molecule has 105 valence electrons. The van der Waals surface area contributed by atoms with Crippen LogP contribution < -0.4 is 5.32 Å². The third-order valence-corrected chi connectivity index (χ3v) is 3.34. The van der Waals surface area contributed by atoms with Gasteiger partial charge in [0.05, 0.1) is 27.2 Å². The fourth-order valence-corrected chi connectivity index (χ4v) is 1.88. The first kappa shape index (κ1) is 19.2. The fourth-order valence-electron chi connectivity index (χ4n) is 1.88. The molecule has 0 atom stereocenters. The van der Waals surface area contributed by atoms with Crippen LogP contribution in [-0.4, -0.2) is 37.6 Å². The topological polar surface area (TPSA) is 33.5 Å². The smallest absolute Gasteiger partial charge is 0.279 e. The summed E-state index contributed by atoms with van der Waals surface area (Å²) in [7, 11) is 4.06. The average molecular weight is 349 g/mol. The molecule has 0 aliphatic carbocycles. The maximum atomic E-state index is 12.1. The number of rotatable bonds is 4. The molecule has 0 heterocycles. The Morgan fingerprint density at radius 1 is 1.30 bits per heavy atom. The van der Waals surface area contributed by atoms with Crippen LogP contribution in [0.2, 0.25) is 0 Å². The molecule has 1 N–H and O–H groups in total. The average Bonchev–Trinajstić information content (AvgIpc) is 2.33. The second-order valence-corrected chi connectivity index (χ2v) is 5.52. The molecule has 5 heteroatoms. The van der Waals surface area contributed by atoms with Crippen molar-refractivity contribution in [1.29, 1.82) is 0 Å². The van der Waals surface area contributed by atoms with Crippen molar-refractivity contribution in [1.82, 2.24) is 0 Å². The van der Waals surface area contributed by atoms with Crippen molar-refractivity contribution in [2.75, 3.05) is 32.5 Å². The number of quaternary nitrogens is 1. The number of carbonyl (C=O) groups excluding carboxylic acids is 1. The van der Waals surface area contributed by atoms with Crippen LogP contribution in [0, 0.1) is 20.4 Å². The molecule has 1 aromatic carbocycles. The first-order valence-electron chi connectivity index (χ1n) is 6.39. The van der Waals surface area contributed by atoms with Gasteiger partial charge in [0.1, 0.15) is 0 Å². The Labute approximate surface area is 146 Å². The molecule has 0 aliphatic heterocycles. The summed E-state index contributed by atoms with van der Waals surface area (Å²) in [4.78, 5) is 15.5. The molecule has 0 fully saturated rings. The van der Waals surface area contributed by atoms with Gasteiger partial charge in [-0.3, -0.25) is 4.79 Å². The van der Waals surface area contributed by atoms with Gasteiger partial charge in [-0.05, 0) is 31.9 Å². The third kappa shape index (κ3) is 5.32. The molecule has 20 heavy (non-hydrogen) atoms. The first-order chi connectivity index (χ1) is 8.79. The van der Waals surface area contributed by atoms with E-state index in [4.69, 9.17) is 6.57 Å². The van der Waals surface area contributed by atoms with E-state index in [-0.39, 0.29) is 38.6 Å². The van der Waals surface area contributed by atoms with Crippen LogP contribution in [0.25, 0.3) is 4.85 Å². The van der Waals surface area contributed by atoms with Crippen molar-refractivity contribution in [3.8, 4) is 0 Å². The predicted octanol–water partition coefficient (Wildman–Crippen LogP) is 2.89. The van der Waals surface area contributed by atoms with Crippen LogP contribution >= 0.6 is 0 Å². The van der Waals surface area contributed by atoms with Crippen molar-refractivity contribution in [2.24, 2.45) is 0 Å². The zero-order valence-corrected chi connectivity index (χ0v) is 15.8. The molecule has 1 amide bonds. The second-order valence-electron chi connectivity index (χ2n) is 5.52. The summed E-state index contributed by atoms with van der Waals surface area (Å²) in [5, 5.41) is 2.96. The van der Waals surface area contributed by atoms with Gasteiger partial charge < -0.3 is 9.80 Å². The van der Waals surface area contributed by atoms with Crippen molar-refractivity contribution >= 4 is 17.3 Å². The summed E-state index contributed by atoms with van der Waals surface area (Å²) >= 11 is 0. The molecular weight excluding hydrogens is 327 g/mol. The minimum Gasteiger partial charge on any atom is -0.321 e. The van der Waals surface area contributed by atoms with E-state index < -0.39 is 0 Å². The van der Waals surface area contributed by atoms with Crippen LogP contribution in [0.1, 0.15) is 18.1 Å². The molecule has 1 radical (unpaired) electrons. The molecule has 0 unspecified atom stereocenters. The molecule has 0 saturated carbocycles. The monoisotopic (exact) mass is 349 g/mol. The molecule has 0 aromatic heterocycles. The summed E-state index contributed by atoms with van der Waals surface area (Å²) < 4.78 is 0.657. The summed E-state index contributed by atoms with van der Waals surface area (Å²) in [5.41, 5.74) is 3.30. The van der Waals surface area contributed by atoms with Crippen LogP contribution in [0.5, 0.6) is 0 Å². The van der Waals surface area contributed by atoms with Gasteiger partial charge in [-0.1, -0.05) is 12.1 Å². The molecule has 1 aromatic rings. The van der Waals surface area contributed by atoms with Gasteiger partial charge in [-0.15, -0.1) is 0 Å². The number of hydrogen-bond donors (Lipinski definition) is 1. The summed E-state index contributed by atoms with van der Waals surface area (Å²) in [6.07, 6.45) is 0. The van der Waals surface area contributed by atoms with Crippen molar-refractivity contribution in [3.05, 3.63) is 34.7 Å². The van der Waals surface area contributed by atoms with Gasteiger partial charge in [-0.25, -0.2) is 4.85 Å². The third-order valence-electron chi connectivity index (χ3n) is 3.34. The zero-order chi connectivity index (χ0) is 14.6. The summed E-state index contributed by atoms with van der Waals surface area (Å²) in [5.74, 6) is 0.00797. The fraction of sp³-hybridized carbons (Fsp3) is 0.467. The van der Waals surface area contributed by atoms with E-state index >= 15 is 0 Å². The molecular formula is C15H22N3OY+. The molecule has 0 aliphatic rings. The molecule has 1 rings (SSSR count). The maximum Gasteiger partial charge on any atom is 0.279 e. The molecule has 0 bridgehead atoms. The van der Waals surface area contributed by atoms with Crippen LogP contribution in [0.15, 0.2) is 12.1 Å². The minimum absolute atomic E-state index is 0. The number of nitrogens with zero attached hydrogens (tertiary/aromatic N) is 2. The van der Waals surface area contributed by atoms with Crippen LogP contribution in [-0.2, 0) is 37.5 Å². The Balaban J connectivity index is 0.00000361. The van der Waals surface area contributed by atoms with E-state index in [2.05, 4.69) is 17.1 Å². The quantitative estimate of drug-likeness (QED) is 0.658. The van der Waals surface area contributed by atoms with Gasteiger partial charge in [0.15, 0.2) is 12.2 Å². The number of anilines is 1. The Morgan fingerprint density at radius 3 is 2.20 bits per heavy atom. The van der Waals surface area contributed by atoms with Crippen LogP contribution in [0.3, 0.4) is 0 Å². The number of benzene rings is 1. The number of nitrogens with one attached hydrogen (secondary N) is 1. The van der Waals surface area contributed by atoms with Gasteiger partial charge in [0.2, 0.25) is 0 Å². The largest absolute Gasteiger partial charge is 0.321 e. The first-order valence-corrected chi connectivity index (χ1v) is 6.39. The maximum absolute atomic E-state index is 12.1. The number of hydrogen-bond acceptors (Lipinski definition) is 1. The van der Waals surface area contributed by atoms with E-state index in [0.29, 0.717) is 16.7 Å². The normalized spacial score (nSPS) is 10.4. The van der Waals surface area contributed by atoms with E-state index in [0.717, 1.165) is 23.4 Å². The van der Waals surface area contributed by atoms with E-state index in [1.54, 1.807) is 12.1 Å². The van der Waals surface area contributed by atoms with Gasteiger partial charge in [-0.2, -0.15) is 0 Å². The van der Waals surface area contributed by atoms with E-state index in [1.807, 2.05) is 27.9 Å². The van der Waals surface area contributed by atoms with Gasteiger partial charge >= 0.3 is 0 Å². The number of carbonyl (C=O) groups is 1. The standard InChI is InChI=1S/C15H21N3O.Y/c1-7-18(5,6)10-14(19)17-15-11(2)8-13(16-4)9-12(15)3;/h8-9H,7,10H2,1-3,5-6H3;/p+1. The van der Waals surface area contributed by atoms with Crippen molar-refractivity contribution < 1.29 is 42.0 Å². The second kappa shape index (κ2) is 7.88. The Morgan fingerprint density at radius 2 is 1.80 bits per heavy atom. The van der Waals surface area contributed by atoms with E-state index in [9.17, 15) is 4.79 Å². The van der Waals surface area contributed by atoms with Crippen molar-refractivity contribution in [3.63, 3.8) is 0 Å². The number of aryl methyl sites for hydroxylation is 2. The minimum atomic E-state index is 0. The van der Waals surface area contributed by atoms with Gasteiger partial charge in [0, 0.05) is 38.4 Å². The SMILES string of the molecule is [C-]#[N+]c1cc(C)c(NC(=O)C[N+](C)(C)CC)c(C)c1.[Y]. The number of amides is 1. The predicted molar refractivity (Wildman–Crippen MR) is 78.3 cm³/mol. The molecule has 0 saturated heterocycles. The Kier molecular flexibility index (Phi) is 7.58. The van der Waals surface area contributed by atoms with Crippen molar-refractivity contribution in [2.45, 2.75) is 20.8 Å².